The smallest absolute Gasteiger partial charge is 0.153 e. The van der Waals surface area contributed by atoms with Gasteiger partial charge in [0.1, 0.15) is 0 Å². The zero-order valence-electron chi connectivity index (χ0n) is 10.1. The van der Waals surface area contributed by atoms with Crippen molar-refractivity contribution in [2.75, 3.05) is 11.1 Å². The first-order chi connectivity index (χ1) is 8.47. The van der Waals surface area contributed by atoms with E-state index in [-0.39, 0.29) is 0 Å². The maximum absolute atomic E-state index is 5.86. The van der Waals surface area contributed by atoms with E-state index >= 15 is 0 Å². The van der Waals surface area contributed by atoms with Gasteiger partial charge in [0.05, 0.1) is 10.7 Å². The molecule has 1 aromatic carbocycles. The summed E-state index contributed by atoms with van der Waals surface area (Å²) in [5, 5.41) is 3.72. The van der Waals surface area contributed by atoms with E-state index in [9.17, 15) is 0 Å². The van der Waals surface area contributed by atoms with E-state index < -0.39 is 0 Å². The van der Waals surface area contributed by atoms with Crippen molar-refractivity contribution < 1.29 is 0 Å². The van der Waals surface area contributed by atoms with Crippen LogP contribution in [0, 0.1) is 13.8 Å². The minimum absolute atomic E-state index is 0.528. The Hall–Kier alpha value is -1.26. The van der Waals surface area contributed by atoms with Gasteiger partial charge in [0.15, 0.2) is 5.82 Å². The first-order valence-corrected chi connectivity index (χ1v) is 6.59. The van der Waals surface area contributed by atoms with Gasteiger partial charge in [0.25, 0.3) is 0 Å². The Balaban J connectivity index is 2.34. The number of pyridine rings is 1. The third-order valence-corrected chi connectivity index (χ3v) is 4.04. The standard InChI is InChI=1S/C13H13BrClN3/c1-7-3-10(4-8(2)12(7)14)18-13-11(16)5-9(15)6-17-13/h3-6H,16H2,1-2H3,(H,17,18). The second-order valence-electron chi connectivity index (χ2n) is 4.14. The molecule has 3 N–H and O–H groups in total. The molecule has 0 unspecified atom stereocenters. The first kappa shape index (κ1) is 13.2. The molecular weight excluding hydrogens is 314 g/mol. The lowest BCUT2D eigenvalue weighted by Gasteiger charge is -2.11. The number of nitrogen functional groups attached to an aromatic ring is 1. The fourth-order valence-electron chi connectivity index (χ4n) is 1.71. The predicted octanol–water partition coefficient (Wildman–Crippen LogP) is 4.44. The molecule has 0 saturated heterocycles. The van der Waals surface area contributed by atoms with E-state index in [4.69, 9.17) is 17.3 Å². The fraction of sp³-hybridized carbons (Fsp3) is 0.154. The van der Waals surface area contributed by atoms with Crippen LogP contribution in [0.4, 0.5) is 17.2 Å². The molecule has 0 amide bonds. The highest BCUT2D eigenvalue weighted by Crippen LogP contribution is 2.28. The van der Waals surface area contributed by atoms with Gasteiger partial charge < -0.3 is 11.1 Å². The Morgan fingerprint density at radius 3 is 2.39 bits per heavy atom. The van der Waals surface area contributed by atoms with E-state index in [2.05, 4.69) is 26.2 Å². The molecule has 0 aliphatic rings. The Morgan fingerprint density at radius 1 is 1.22 bits per heavy atom. The molecule has 0 radical (unpaired) electrons. The van der Waals surface area contributed by atoms with Crippen LogP contribution in [0.3, 0.4) is 0 Å². The molecule has 2 rings (SSSR count). The van der Waals surface area contributed by atoms with Crippen molar-refractivity contribution in [2.45, 2.75) is 13.8 Å². The Bertz CT molecular complexity index is 576. The third kappa shape index (κ3) is 2.76. The van der Waals surface area contributed by atoms with Crippen LogP contribution in [-0.2, 0) is 0 Å². The molecule has 0 atom stereocenters. The molecule has 1 aromatic heterocycles. The minimum atomic E-state index is 0.528. The molecule has 3 nitrogen and oxygen atoms in total. The Labute approximate surface area is 119 Å². The Kier molecular flexibility index (Phi) is 3.78. The average molecular weight is 327 g/mol. The van der Waals surface area contributed by atoms with Crippen molar-refractivity contribution in [1.82, 2.24) is 4.98 Å². The van der Waals surface area contributed by atoms with Gasteiger partial charge in [0.2, 0.25) is 0 Å². The number of nitrogens with two attached hydrogens (primary N) is 1. The van der Waals surface area contributed by atoms with Gasteiger partial charge in [-0.25, -0.2) is 4.98 Å². The fourth-order valence-corrected chi connectivity index (χ4v) is 2.11. The maximum atomic E-state index is 5.86. The number of hydrogen-bond donors (Lipinski definition) is 2. The molecule has 0 aliphatic carbocycles. The lowest BCUT2D eigenvalue weighted by Crippen LogP contribution is -1.99. The summed E-state index contributed by atoms with van der Waals surface area (Å²) in [6.45, 7) is 4.09. The second kappa shape index (κ2) is 5.16. The number of nitrogens with one attached hydrogen (secondary N) is 1. The van der Waals surface area contributed by atoms with Gasteiger partial charge in [-0.05, 0) is 43.2 Å². The van der Waals surface area contributed by atoms with E-state index in [1.165, 1.54) is 0 Å². The van der Waals surface area contributed by atoms with Crippen LogP contribution in [0.25, 0.3) is 0 Å². The predicted molar refractivity (Wildman–Crippen MR) is 80.6 cm³/mol. The van der Waals surface area contributed by atoms with Gasteiger partial charge in [-0.3, -0.25) is 0 Å². The number of hydrogen-bond acceptors (Lipinski definition) is 3. The van der Waals surface area contributed by atoms with Gasteiger partial charge in [0, 0.05) is 16.4 Å². The number of halogens is 2. The minimum Gasteiger partial charge on any atom is -0.396 e. The molecule has 2 aromatic rings. The number of nitrogens with zero attached hydrogens (tertiary/aromatic N) is 1. The van der Waals surface area contributed by atoms with Crippen LogP contribution in [-0.4, -0.2) is 4.98 Å². The number of anilines is 3. The summed E-state index contributed by atoms with van der Waals surface area (Å²) in [6, 6.07) is 5.75. The molecule has 0 bridgehead atoms. The van der Waals surface area contributed by atoms with Crippen LogP contribution in [0.15, 0.2) is 28.9 Å². The molecule has 1 heterocycles. The molecule has 0 fully saturated rings. The van der Waals surface area contributed by atoms with Crippen LogP contribution < -0.4 is 11.1 Å². The summed E-state index contributed by atoms with van der Waals surface area (Å²) in [4.78, 5) is 4.18. The largest absolute Gasteiger partial charge is 0.396 e. The van der Waals surface area contributed by atoms with Crippen LogP contribution >= 0.6 is 27.5 Å². The number of aromatic nitrogens is 1. The lowest BCUT2D eigenvalue weighted by molar-refractivity contribution is 1.29. The van der Waals surface area contributed by atoms with Crippen molar-refractivity contribution in [3.63, 3.8) is 0 Å². The van der Waals surface area contributed by atoms with Gasteiger partial charge >= 0.3 is 0 Å². The summed E-state index contributed by atoms with van der Waals surface area (Å²) in [5.74, 6) is 0.612. The van der Waals surface area contributed by atoms with E-state index in [0.717, 1.165) is 21.3 Å². The monoisotopic (exact) mass is 325 g/mol. The topological polar surface area (TPSA) is 50.9 Å². The van der Waals surface area contributed by atoms with E-state index in [0.29, 0.717) is 16.5 Å². The van der Waals surface area contributed by atoms with Gasteiger partial charge in [-0.2, -0.15) is 0 Å². The molecule has 5 heteroatoms. The summed E-state index contributed by atoms with van der Waals surface area (Å²) < 4.78 is 1.12. The SMILES string of the molecule is Cc1cc(Nc2ncc(Cl)cc2N)cc(C)c1Br. The summed E-state index contributed by atoms with van der Waals surface area (Å²) in [5.41, 5.74) is 9.65. The first-order valence-electron chi connectivity index (χ1n) is 5.42. The summed E-state index contributed by atoms with van der Waals surface area (Å²) in [7, 11) is 0. The van der Waals surface area contributed by atoms with Gasteiger partial charge in [-0.15, -0.1) is 0 Å². The van der Waals surface area contributed by atoms with Crippen LogP contribution in [0.2, 0.25) is 5.02 Å². The zero-order chi connectivity index (χ0) is 13.3. The molecule has 0 aliphatic heterocycles. The molecule has 0 saturated carbocycles. The summed E-state index contributed by atoms with van der Waals surface area (Å²) >= 11 is 9.35. The van der Waals surface area contributed by atoms with Crippen molar-refractivity contribution in [3.05, 3.63) is 45.0 Å². The Morgan fingerprint density at radius 2 is 1.83 bits per heavy atom. The van der Waals surface area contributed by atoms with E-state index in [1.807, 2.05) is 26.0 Å². The van der Waals surface area contributed by atoms with Crippen LogP contribution in [0.5, 0.6) is 0 Å². The maximum Gasteiger partial charge on any atom is 0.153 e. The number of aryl methyl sites for hydroxylation is 2. The van der Waals surface area contributed by atoms with Gasteiger partial charge in [-0.1, -0.05) is 27.5 Å². The highest BCUT2D eigenvalue weighted by atomic mass is 79.9. The highest BCUT2D eigenvalue weighted by molar-refractivity contribution is 9.10. The molecular formula is C13H13BrClN3. The average Bonchev–Trinajstić information content (AvgIpc) is 2.29. The second-order valence-corrected chi connectivity index (χ2v) is 5.37. The highest BCUT2D eigenvalue weighted by Gasteiger charge is 2.05. The number of rotatable bonds is 2. The van der Waals surface area contributed by atoms with Crippen molar-refractivity contribution in [2.24, 2.45) is 0 Å². The third-order valence-electron chi connectivity index (χ3n) is 2.58. The van der Waals surface area contributed by atoms with E-state index in [1.54, 1.807) is 12.3 Å². The normalized spacial score (nSPS) is 10.4. The summed E-state index contributed by atoms with van der Waals surface area (Å²) in [6.07, 6.45) is 1.57. The van der Waals surface area contributed by atoms with Crippen LogP contribution in [0.1, 0.15) is 11.1 Å². The van der Waals surface area contributed by atoms with Crippen molar-refractivity contribution >= 4 is 44.7 Å². The zero-order valence-corrected chi connectivity index (χ0v) is 12.4. The molecule has 18 heavy (non-hydrogen) atoms. The quantitative estimate of drug-likeness (QED) is 0.857. The van der Waals surface area contributed by atoms with Crippen molar-refractivity contribution in [1.29, 1.82) is 0 Å². The lowest BCUT2D eigenvalue weighted by atomic mass is 10.1. The molecule has 0 spiro atoms. The molecule has 94 valence electrons. The van der Waals surface area contributed by atoms with Crippen molar-refractivity contribution in [3.8, 4) is 0 Å². The number of benzene rings is 1.